The van der Waals surface area contributed by atoms with Gasteiger partial charge in [0.25, 0.3) is 15.7 Å². The lowest BCUT2D eigenvalue weighted by atomic mass is 9.54. The van der Waals surface area contributed by atoms with E-state index in [0.717, 1.165) is 28.9 Å². The lowest BCUT2D eigenvalue weighted by molar-refractivity contribution is -0.387. The molecule has 394 valence electrons. The Morgan fingerprint density at radius 2 is 1.57 bits per heavy atom. The van der Waals surface area contributed by atoms with Gasteiger partial charge in [0.1, 0.15) is 10.5 Å². The van der Waals surface area contributed by atoms with Crippen LogP contribution in [0.1, 0.15) is 88.0 Å². The van der Waals surface area contributed by atoms with Gasteiger partial charge in [0, 0.05) is 41.5 Å². The molecule has 2 saturated heterocycles. The van der Waals surface area contributed by atoms with Gasteiger partial charge in [0.05, 0.1) is 66.9 Å². The Hall–Kier alpha value is -6.97. The van der Waals surface area contributed by atoms with Crippen LogP contribution in [0.2, 0.25) is 0 Å². The number of fused-ring (bicyclic) bond motifs is 4. The zero-order valence-corrected chi connectivity index (χ0v) is 44.2. The number of carbonyl (C=O) groups is 3. The summed E-state index contributed by atoms with van der Waals surface area (Å²) in [6, 6.07) is 16.9. The zero-order valence-electron chi connectivity index (χ0n) is 42.6. The van der Waals surface area contributed by atoms with E-state index in [1.165, 1.54) is 62.6 Å². The summed E-state index contributed by atoms with van der Waals surface area (Å²) in [5.74, 6) is -0.813. The van der Waals surface area contributed by atoms with Crippen molar-refractivity contribution in [3.63, 3.8) is 0 Å². The van der Waals surface area contributed by atoms with Crippen LogP contribution in [0.15, 0.2) is 106 Å². The second-order valence-electron chi connectivity index (χ2n) is 21.3. The normalized spacial score (nSPS) is 25.5. The number of methoxy groups -OCH3 is 3. The number of nitro groups is 1. The standard InChI is InChI=1S/C54H57N5O14S2/c1-32-16-18-33(19-17-32)75(67,68)73-39-14-10-12-34-44(39)58-42(60)21-20-38-48(58)53(34,26-29-56(38)74(65,66)40-15-9-8-13-37(40)59(63)64)36-30-35-45(47(71-7)46(36)70-6)57(50(62)72-51(2,3)4)41-22-24-52(31-43(61)69-5)23-11-27-55-28-25-54(35,41)49(52)55/h8-10,12-19,22,24,30,41,49H,11,20-21,23,25-29,31H2,1-7H3/t41-,49-,52-,53-,54-/m1/s1. The smallest absolute Gasteiger partial charge is 0.415 e. The van der Waals surface area contributed by atoms with E-state index in [-0.39, 0.29) is 83.5 Å². The fraction of sp³-hybridized carbons (Fsp3) is 0.426. The van der Waals surface area contributed by atoms with Crippen molar-refractivity contribution in [1.29, 1.82) is 0 Å². The number of hydrogen-bond acceptors (Lipinski definition) is 15. The summed E-state index contributed by atoms with van der Waals surface area (Å²) in [4.78, 5) is 59.9. The summed E-state index contributed by atoms with van der Waals surface area (Å²) < 4.78 is 90.6. The Morgan fingerprint density at radius 3 is 2.27 bits per heavy atom. The summed E-state index contributed by atoms with van der Waals surface area (Å²) in [7, 11) is -5.04. The van der Waals surface area contributed by atoms with Gasteiger partial charge >= 0.3 is 22.2 Å². The van der Waals surface area contributed by atoms with Crippen LogP contribution >= 0.6 is 0 Å². The summed E-state index contributed by atoms with van der Waals surface area (Å²) in [5, 5.41) is 12.4. The molecule has 1 spiro atoms. The molecule has 2 amide bonds. The molecule has 5 atom stereocenters. The van der Waals surface area contributed by atoms with Crippen LogP contribution in [0.4, 0.5) is 21.9 Å². The van der Waals surface area contributed by atoms with Gasteiger partial charge < -0.3 is 23.1 Å². The van der Waals surface area contributed by atoms with Crippen molar-refractivity contribution in [3.8, 4) is 17.2 Å². The molecule has 0 aromatic heterocycles. The number of carbonyl (C=O) groups excluding carboxylic acids is 3. The van der Waals surface area contributed by atoms with Crippen molar-refractivity contribution in [3.05, 3.63) is 129 Å². The molecule has 0 N–H and O–H groups in total. The van der Waals surface area contributed by atoms with Crippen LogP contribution in [-0.2, 0) is 50.0 Å². The number of benzene rings is 4. The molecule has 4 aromatic carbocycles. The zero-order chi connectivity index (χ0) is 53.4. The molecule has 2 fully saturated rings. The maximum absolute atomic E-state index is 15.2. The fourth-order valence-electron chi connectivity index (χ4n) is 13.7. The molecule has 0 radical (unpaired) electrons. The third-order valence-electron chi connectivity index (χ3n) is 16.4. The molecular weight excluding hydrogens is 1010 g/mol. The van der Waals surface area contributed by atoms with Crippen molar-refractivity contribution in [2.45, 2.75) is 111 Å². The second kappa shape index (κ2) is 17.3. The summed E-state index contributed by atoms with van der Waals surface area (Å²) in [6.45, 7) is 8.21. The quantitative estimate of drug-likeness (QED) is 0.0460. The highest BCUT2D eigenvalue weighted by Crippen LogP contribution is 2.70. The lowest BCUT2D eigenvalue weighted by Crippen LogP contribution is -2.63. The monoisotopic (exact) mass is 1060 g/mol. The van der Waals surface area contributed by atoms with Crippen LogP contribution in [0.25, 0.3) is 0 Å². The van der Waals surface area contributed by atoms with E-state index in [2.05, 4.69) is 11.0 Å². The number of hydrogen-bond donors (Lipinski definition) is 0. The highest BCUT2D eigenvalue weighted by Gasteiger charge is 2.70. The SMILES string of the molecule is COC(=O)C[C@]12C=C[C@H]3N(C(=O)OC(C)(C)C)c4c(cc([C@]56CCN(S(=O)(=O)c7ccccc7[N+](=O)[O-])C7=C5N(C(=O)CC7)c5c(OS(=O)(=O)c7ccc(C)cc7)cccc56)c(OC)c4OC)[C@]34CCN(CCC1)[C@H]24. The molecule has 0 unspecified atom stereocenters. The van der Waals surface area contributed by atoms with Crippen LogP contribution < -0.4 is 23.5 Å². The van der Waals surface area contributed by atoms with E-state index in [0.29, 0.717) is 41.8 Å². The predicted octanol–water partition coefficient (Wildman–Crippen LogP) is 7.77. The van der Waals surface area contributed by atoms with Gasteiger partial charge in [-0.25, -0.2) is 13.2 Å². The molecule has 6 heterocycles. The van der Waals surface area contributed by atoms with Crippen LogP contribution in [0.3, 0.4) is 0 Å². The highest BCUT2D eigenvalue weighted by atomic mass is 32.2. The Labute approximate surface area is 434 Å². The summed E-state index contributed by atoms with van der Waals surface area (Å²) in [5.41, 5.74) is -1.80. The first-order valence-corrected chi connectivity index (χ1v) is 27.7. The average molecular weight is 1060 g/mol. The number of anilines is 2. The van der Waals surface area contributed by atoms with Gasteiger partial charge in [-0.05, 0) is 114 Å². The number of allylic oxidation sites excluding steroid dienone is 2. The fourth-order valence-corrected chi connectivity index (χ4v) is 16.4. The van der Waals surface area contributed by atoms with E-state index in [1.54, 1.807) is 49.9 Å². The number of aryl methyl sites for hydroxylation is 1. The van der Waals surface area contributed by atoms with Crippen LogP contribution in [0.5, 0.6) is 17.2 Å². The number of sulfonamides is 1. The number of esters is 1. The van der Waals surface area contributed by atoms with Gasteiger partial charge in [-0.2, -0.15) is 8.42 Å². The van der Waals surface area contributed by atoms with E-state index >= 15 is 13.2 Å². The van der Waals surface area contributed by atoms with Gasteiger partial charge in [-0.1, -0.05) is 54.1 Å². The number of nitro benzene ring substituents is 1. The number of amides is 2. The molecular formula is C54H57N5O14S2. The largest absolute Gasteiger partial charge is 0.492 e. The van der Waals surface area contributed by atoms with Crippen LogP contribution in [-0.4, -0.2) is 108 Å². The van der Waals surface area contributed by atoms with Gasteiger partial charge in [-0.15, -0.1) is 0 Å². The number of rotatable bonds is 11. The molecule has 1 aliphatic carbocycles. The Bertz CT molecular complexity index is 3450. The van der Waals surface area contributed by atoms with Gasteiger partial charge in [0.2, 0.25) is 5.91 Å². The molecule has 19 nitrogen and oxygen atoms in total. The molecule has 75 heavy (non-hydrogen) atoms. The first kappa shape index (κ1) is 50.2. The molecule has 0 saturated carbocycles. The lowest BCUT2D eigenvalue weighted by Gasteiger charge is -2.55. The maximum Gasteiger partial charge on any atom is 0.415 e. The second-order valence-corrected chi connectivity index (χ2v) is 24.7. The van der Waals surface area contributed by atoms with Crippen molar-refractivity contribution in [2.24, 2.45) is 5.41 Å². The maximum atomic E-state index is 15.2. The van der Waals surface area contributed by atoms with Crippen molar-refractivity contribution in [2.75, 3.05) is 50.8 Å². The molecule has 0 bridgehead atoms. The molecule has 7 aliphatic rings. The summed E-state index contributed by atoms with van der Waals surface area (Å²) >= 11 is 0. The van der Waals surface area contributed by atoms with Gasteiger partial charge in [-0.3, -0.25) is 38.7 Å². The Morgan fingerprint density at radius 1 is 0.840 bits per heavy atom. The van der Waals surface area contributed by atoms with Crippen molar-refractivity contribution >= 4 is 55.2 Å². The van der Waals surface area contributed by atoms with Crippen molar-refractivity contribution < 1.29 is 59.3 Å². The number of ether oxygens (including phenoxy) is 4. The van der Waals surface area contributed by atoms with Crippen LogP contribution in [0, 0.1) is 22.5 Å². The first-order chi connectivity index (χ1) is 35.6. The minimum absolute atomic E-state index is 0.0558. The number of nitrogens with zero attached hydrogens (tertiary/aromatic N) is 5. The number of piperidine rings is 1. The minimum Gasteiger partial charge on any atom is -0.492 e. The van der Waals surface area contributed by atoms with E-state index in [4.69, 9.17) is 23.1 Å². The third kappa shape index (κ3) is 7.16. The molecule has 11 rings (SSSR count). The Balaban J connectivity index is 1.23. The van der Waals surface area contributed by atoms with Crippen molar-refractivity contribution in [1.82, 2.24) is 9.21 Å². The summed E-state index contributed by atoms with van der Waals surface area (Å²) in [6.07, 6.45) is 4.98. The first-order valence-electron chi connectivity index (χ1n) is 24.9. The van der Waals surface area contributed by atoms with E-state index in [9.17, 15) is 28.1 Å². The number of para-hydroxylation sites is 2. The molecule has 4 aromatic rings. The highest BCUT2D eigenvalue weighted by molar-refractivity contribution is 7.89. The third-order valence-corrected chi connectivity index (χ3v) is 19.5. The molecule has 6 aliphatic heterocycles. The molecule has 21 heteroatoms. The predicted molar refractivity (Wildman–Crippen MR) is 273 cm³/mol. The van der Waals surface area contributed by atoms with E-state index in [1.807, 2.05) is 19.1 Å². The van der Waals surface area contributed by atoms with E-state index < -0.39 is 75.5 Å². The average Bonchev–Trinajstić information content (AvgIpc) is 4.16. The topological polar surface area (TPSA) is 222 Å². The Kier molecular flexibility index (Phi) is 11.6. The minimum atomic E-state index is -4.74. The van der Waals surface area contributed by atoms with Gasteiger partial charge in [0.15, 0.2) is 22.1 Å².